The minimum absolute atomic E-state index is 0.000108. The summed E-state index contributed by atoms with van der Waals surface area (Å²) >= 11 is 0. The van der Waals surface area contributed by atoms with Crippen molar-refractivity contribution in [2.45, 2.75) is 11.8 Å². The standard InChI is InChI=1S/C15H15NO4S/c1-11-3-9-14(10-4-11)21(19,20)16(2)13-7-5-12(6-8-13)15(17)18/h3-10H,1-2H3,(H,17,18)/p-1. The highest BCUT2D eigenvalue weighted by molar-refractivity contribution is 7.92. The van der Waals surface area contributed by atoms with E-state index in [4.69, 9.17) is 0 Å². The van der Waals surface area contributed by atoms with Crippen LogP contribution in [0.4, 0.5) is 5.69 Å². The minimum atomic E-state index is -3.67. The molecule has 0 aliphatic rings. The first-order valence-corrected chi connectivity index (χ1v) is 7.63. The molecule has 0 saturated heterocycles. The van der Waals surface area contributed by atoms with Gasteiger partial charge in [-0.25, -0.2) is 8.42 Å². The van der Waals surface area contributed by atoms with Gasteiger partial charge in [0, 0.05) is 7.05 Å². The number of carbonyl (C=O) groups excluding carboxylic acids is 1. The molecule has 0 aromatic heterocycles. The van der Waals surface area contributed by atoms with Crippen molar-refractivity contribution in [3.63, 3.8) is 0 Å². The molecule has 0 aliphatic heterocycles. The summed E-state index contributed by atoms with van der Waals surface area (Å²) in [6, 6.07) is 12.0. The van der Waals surface area contributed by atoms with E-state index in [1.807, 2.05) is 6.92 Å². The third-order valence-electron chi connectivity index (χ3n) is 3.15. The molecule has 110 valence electrons. The van der Waals surface area contributed by atoms with Crippen LogP contribution in [0.3, 0.4) is 0 Å². The molecule has 0 fully saturated rings. The van der Waals surface area contributed by atoms with Crippen LogP contribution in [0.2, 0.25) is 0 Å². The summed E-state index contributed by atoms with van der Waals surface area (Å²) in [6.07, 6.45) is 0. The predicted octanol–water partition coefficient (Wildman–Crippen LogP) is 1.18. The fraction of sp³-hybridized carbons (Fsp3) is 0.133. The van der Waals surface area contributed by atoms with Crippen LogP contribution in [0.1, 0.15) is 15.9 Å². The number of hydrogen-bond acceptors (Lipinski definition) is 4. The number of sulfonamides is 1. The molecule has 0 atom stereocenters. The molecule has 2 aromatic rings. The molecule has 6 heteroatoms. The molecule has 0 spiro atoms. The number of anilines is 1. The zero-order chi connectivity index (χ0) is 15.6. The number of carboxylic acid groups (broad SMARTS) is 1. The molecule has 2 aromatic carbocycles. The molecule has 2 rings (SSSR count). The van der Waals surface area contributed by atoms with E-state index in [9.17, 15) is 18.3 Å². The second kappa shape index (κ2) is 5.57. The van der Waals surface area contributed by atoms with Crippen LogP contribution in [-0.4, -0.2) is 21.4 Å². The largest absolute Gasteiger partial charge is 0.545 e. The molecular formula is C15H14NO4S-. The average molecular weight is 304 g/mol. The van der Waals surface area contributed by atoms with Gasteiger partial charge in [-0.05, 0) is 36.8 Å². The Morgan fingerprint density at radius 1 is 1.00 bits per heavy atom. The summed E-state index contributed by atoms with van der Waals surface area (Å²) in [5, 5.41) is 10.7. The van der Waals surface area contributed by atoms with Gasteiger partial charge in [0.15, 0.2) is 0 Å². The summed E-state index contributed by atoms with van der Waals surface area (Å²) in [5.41, 5.74) is 1.34. The van der Waals surface area contributed by atoms with Gasteiger partial charge in [-0.3, -0.25) is 4.31 Å². The fourth-order valence-electron chi connectivity index (χ4n) is 1.81. The number of aryl methyl sites for hydroxylation is 1. The van der Waals surface area contributed by atoms with E-state index < -0.39 is 16.0 Å². The Morgan fingerprint density at radius 2 is 1.52 bits per heavy atom. The molecule has 0 aliphatic carbocycles. The fourth-order valence-corrected chi connectivity index (χ4v) is 3.01. The van der Waals surface area contributed by atoms with Gasteiger partial charge in [0.1, 0.15) is 0 Å². The summed E-state index contributed by atoms with van der Waals surface area (Å²) in [5.74, 6) is -1.30. The second-order valence-electron chi connectivity index (χ2n) is 4.62. The smallest absolute Gasteiger partial charge is 0.264 e. The monoisotopic (exact) mass is 304 g/mol. The first-order chi connectivity index (χ1) is 9.82. The topological polar surface area (TPSA) is 77.5 Å². The van der Waals surface area contributed by atoms with E-state index in [0.717, 1.165) is 9.87 Å². The molecule has 0 amide bonds. The van der Waals surface area contributed by atoms with Crippen molar-refractivity contribution in [1.29, 1.82) is 0 Å². The van der Waals surface area contributed by atoms with E-state index >= 15 is 0 Å². The Morgan fingerprint density at radius 3 is 2.00 bits per heavy atom. The van der Waals surface area contributed by atoms with Gasteiger partial charge in [-0.15, -0.1) is 0 Å². The Kier molecular flexibility index (Phi) is 3.99. The van der Waals surface area contributed by atoms with Gasteiger partial charge in [0.05, 0.1) is 16.6 Å². The lowest BCUT2D eigenvalue weighted by Crippen LogP contribution is -2.27. The molecule has 0 saturated carbocycles. The van der Waals surface area contributed by atoms with Crippen LogP contribution < -0.4 is 9.41 Å². The van der Waals surface area contributed by atoms with Crippen molar-refractivity contribution < 1.29 is 18.3 Å². The van der Waals surface area contributed by atoms with E-state index in [1.165, 1.54) is 43.4 Å². The maximum atomic E-state index is 12.5. The molecule has 0 radical (unpaired) electrons. The van der Waals surface area contributed by atoms with E-state index in [0.29, 0.717) is 5.69 Å². The van der Waals surface area contributed by atoms with Crippen LogP contribution in [0, 0.1) is 6.92 Å². The highest BCUT2D eigenvalue weighted by Gasteiger charge is 2.20. The third kappa shape index (κ3) is 3.05. The van der Waals surface area contributed by atoms with Crippen molar-refractivity contribution in [3.8, 4) is 0 Å². The quantitative estimate of drug-likeness (QED) is 0.850. The van der Waals surface area contributed by atoms with Gasteiger partial charge in [0.25, 0.3) is 10.0 Å². The molecule has 0 unspecified atom stereocenters. The minimum Gasteiger partial charge on any atom is -0.545 e. The van der Waals surface area contributed by atoms with Crippen LogP contribution in [0.15, 0.2) is 53.4 Å². The highest BCUT2D eigenvalue weighted by Crippen LogP contribution is 2.22. The lowest BCUT2D eigenvalue weighted by molar-refractivity contribution is -0.255. The normalized spacial score (nSPS) is 11.1. The molecular weight excluding hydrogens is 290 g/mol. The predicted molar refractivity (Wildman–Crippen MR) is 77.5 cm³/mol. The van der Waals surface area contributed by atoms with Crippen molar-refractivity contribution in [2.24, 2.45) is 0 Å². The number of carboxylic acids is 1. The first kappa shape index (κ1) is 15.1. The zero-order valence-electron chi connectivity index (χ0n) is 11.6. The molecule has 0 bridgehead atoms. The van der Waals surface area contributed by atoms with Gasteiger partial charge < -0.3 is 9.90 Å². The second-order valence-corrected chi connectivity index (χ2v) is 6.59. The zero-order valence-corrected chi connectivity index (χ0v) is 12.4. The SMILES string of the molecule is Cc1ccc(S(=O)(=O)N(C)c2ccc(C(=O)[O-])cc2)cc1. The Labute approximate surface area is 123 Å². The number of rotatable bonds is 4. The number of aromatic carboxylic acids is 1. The van der Waals surface area contributed by atoms with E-state index in [2.05, 4.69) is 0 Å². The number of nitrogens with zero attached hydrogens (tertiary/aromatic N) is 1. The maximum Gasteiger partial charge on any atom is 0.264 e. The van der Waals surface area contributed by atoms with Gasteiger partial charge in [-0.2, -0.15) is 0 Å². The van der Waals surface area contributed by atoms with Crippen molar-refractivity contribution in [2.75, 3.05) is 11.4 Å². The summed E-state index contributed by atoms with van der Waals surface area (Å²) in [4.78, 5) is 10.9. The van der Waals surface area contributed by atoms with Gasteiger partial charge in [0.2, 0.25) is 0 Å². The number of carbonyl (C=O) groups is 1. The molecule has 5 nitrogen and oxygen atoms in total. The Hall–Kier alpha value is -2.34. The van der Waals surface area contributed by atoms with Crippen molar-refractivity contribution >= 4 is 21.7 Å². The van der Waals surface area contributed by atoms with Gasteiger partial charge in [-0.1, -0.05) is 29.8 Å². The summed E-state index contributed by atoms with van der Waals surface area (Å²) in [6.45, 7) is 1.87. The van der Waals surface area contributed by atoms with Crippen LogP contribution in [0.5, 0.6) is 0 Å². The van der Waals surface area contributed by atoms with Crippen LogP contribution in [0.25, 0.3) is 0 Å². The number of hydrogen-bond donors (Lipinski definition) is 0. The van der Waals surface area contributed by atoms with Crippen molar-refractivity contribution in [1.82, 2.24) is 0 Å². The Balaban J connectivity index is 2.35. The third-order valence-corrected chi connectivity index (χ3v) is 4.95. The molecule has 0 N–H and O–H groups in total. The molecule has 0 heterocycles. The van der Waals surface area contributed by atoms with Crippen LogP contribution in [-0.2, 0) is 10.0 Å². The van der Waals surface area contributed by atoms with Gasteiger partial charge >= 0.3 is 0 Å². The molecule has 21 heavy (non-hydrogen) atoms. The lowest BCUT2D eigenvalue weighted by atomic mass is 10.2. The van der Waals surface area contributed by atoms with Crippen LogP contribution >= 0.6 is 0 Å². The Bertz CT molecular complexity index is 749. The highest BCUT2D eigenvalue weighted by atomic mass is 32.2. The maximum absolute atomic E-state index is 12.5. The summed E-state index contributed by atoms with van der Waals surface area (Å²) in [7, 11) is -2.25. The summed E-state index contributed by atoms with van der Waals surface area (Å²) < 4.78 is 26.0. The first-order valence-electron chi connectivity index (χ1n) is 6.19. The lowest BCUT2D eigenvalue weighted by Gasteiger charge is -2.20. The number of benzene rings is 2. The average Bonchev–Trinajstić information content (AvgIpc) is 2.47. The van der Waals surface area contributed by atoms with E-state index in [-0.39, 0.29) is 10.5 Å². The van der Waals surface area contributed by atoms with Crippen molar-refractivity contribution in [3.05, 3.63) is 59.7 Å². The van der Waals surface area contributed by atoms with E-state index in [1.54, 1.807) is 12.1 Å².